The molecule has 0 aliphatic carbocycles. The molecule has 0 radical (unpaired) electrons. The molecule has 0 fully saturated rings. The summed E-state index contributed by atoms with van der Waals surface area (Å²) in [6.45, 7) is 5.51. The third-order valence-corrected chi connectivity index (χ3v) is 1.79. The Morgan fingerprint density at radius 3 is 2.00 bits per heavy atom. The van der Waals surface area contributed by atoms with Crippen LogP contribution in [-0.2, 0) is 14.3 Å². The van der Waals surface area contributed by atoms with Gasteiger partial charge >= 0.3 is 24.4 Å². The molecule has 112 valence electrons. The zero-order valence-electron chi connectivity index (χ0n) is 10.1. The fourth-order valence-corrected chi connectivity index (χ4v) is 0.759. The Kier molecular flexibility index (Phi) is 5.85. The van der Waals surface area contributed by atoms with Crippen LogP contribution in [0.4, 0.5) is 26.3 Å². The second kappa shape index (κ2) is 6.27. The van der Waals surface area contributed by atoms with Crippen LogP contribution in [-0.4, -0.2) is 37.1 Å². The number of hydrogen-bond acceptors (Lipinski definition) is 3. The molecule has 0 saturated carbocycles. The van der Waals surface area contributed by atoms with E-state index in [0.29, 0.717) is 0 Å². The van der Waals surface area contributed by atoms with Crippen LogP contribution in [0.25, 0.3) is 0 Å². The highest BCUT2D eigenvalue weighted by Crippen LogP contribution is 2.40. The van der Waals surface area contributed by atoms with Crippen LogP contribution >= 0.6 is 0 Å². The monoisotopic (exact) mass is 294 g/mol. The number of ether oxygens (including phenoxy) is 2. The molecule has 0 rings (SSSR count). The molecule has 9 heteroatoms. The van der Waals surface area contributed by atoms with Gasteiger partial charge in [-0.25, -0.2) is 13.6 Å². The summed E-state index contributed by atoms with van der Waals surface area (Å²) >= 11 is 0. The van der Waals surface area contributed by atoms with Crippen molar-refractivity contribution in [2.75, 3.05) is 6.61 Å². The van der Waals surface area contributed by atoms with Crippen LogP contribution in [0.15, 0.2) is 12.2 Å². The van der Waals surface area contributed by atoms with Crippen LogP contribution in [0.5, 0.6) is 0 Å². The minimum Gasteiger partial charge on any atom is -0.411 e. The first-order valence-electron chi connectivity index (χ1n) is 4.98. The standard InChI is InChI=1S/C10H12F6O3/c1-5(2)18-4-6(3)7(17)19-9(13,8(11)12)10(14,15)16/h5,8H,3-4H2,1-2H3. The Hall–Kier alpha value is -1.25. The summed E-state index contributed by atoms with van der Waals surface area (Å²) in [7, 11) is 0. The number of carbonyl (C=O) groups excluding carboxylic acids is 1. The Bertz CT molecular complexity index is 339. The largest absolute Gasteiger partial charge is 0.466 e. The van der Waals surface area contributed by atoms with Gasteiger partial charge in [-0.1, -0.05) is 6.58 Å². The number of hydrogen-bond donors (Lipinski definition) is 0. The van der Waals surface area contributed by atoms with E-state index in [1.54, 1.807) is 13.8 Å². The fraction of sp³-hybridized carbons (Fsp3) is 0.700. The van der Waals surface area contributed by atoms with Crippen molar-refractivity contribution in [3.8, 4) is 0 Å². The first kappa shape index (κ1) is 17.8. The maximum absolute atomic E-state index is 13.0. The van der Waals surface area contributed by atoms with Crippen LogP contribution < -0.4 is 0 Å². The van der Waals surface area contributed by atoms with Crippen LogP contribution in [0.1, 0.15) is 13.8 Å². The summed E-state index contributed by atoms with van der Waals surface area (Å²) in [4.78, 5) is 11.0. The molecule has 1 unspecified atom stereocenters. The van der Waals surface area contributed by atoms with Crippen LogP contribution in [0.3, 0.4) is 0 Å². The van der Waals surface area contributed by atoms with Crippen molar-refractivity contribution in [1.29, 1.82) is 0 Å². The quantitative estimate of drug-likeness (QED) is 0.429. The molecule has 0 spiro atoms. The van der Waals surface area contributed by atoms with E-state index in [9.17, 15) is 31.1 Å². The zero-order valence-corrected chi connectivity index (χ0v) is 10.1. The van der Waals surface area contributed by atoms with Gasteiger partial charge < -0.3 is 9.47 Å². The lowest BCUT2D eigenvalue weighted by molar-refractivity contribution is -0.354. The number of carbonyl (C=O) groups is 1. The maximum Gasteiger partial charge on any atom is 0.466 e. The second-order valence-electron chi connectivity index (χ2n) is 3.80. The smallest absolute Gasteiger partial charge is 0.411 e. The molecule has 0 aromatic heterocycles. The molecule has 3 nitrogen and oxygen atoms in total. The Labute approximate surface area is 105 Å². The first-order chi connectivity index (χ1) is 8.41. The molecule has 19 heavy (non-hydrogen) atoms. The van der Waals surface area contributed by atoms with Crippen molar-refractivity contribution in [2.24, 2.45) is 0 Å². The highest BCUT2D eigenvalue weighted by Gasteiger charge is 2.66. The fourth-order valence-electron chi connectivity index (χ4n) is 0.759. The van der Waals surface area contributed by atoms with E-state index in [-0.39, 0.29) is 0 Å². The predicted octanol–water partition coefficient (Wildman–Crippen LogP) is 3.00. The summed E-state index contributed by atoms with van der Waals surface area (Å²) in [5.74, 6) is -7.31. The highest BCUT2D eigenvalue weighted by molar-refractivity contribution is 5.88. The van der Waals surface area contributed by atoms with Gasteiger partial charge in [-0.15, -0.1) is 0 Å². The first-order valence-corrected chi connectivity index (χ1v) is 4.98. The van der Waals surface area contributed by atoms with Gasteiger partial charge in [0.05, 0.1) is 18.3 Å². The maximum atomic E-state index is 13.0. The van der Waals surface area contributed by atoms with Gasteiger partial charge in [-0.2, -0.15) is 17.6 Å². The lowest BCUT2D eigenvalue weighted by atomic mass is 10.3. The molecule has 0 amide bonds. The van der Waals surface area contributed by atoms with Gasteiger partial charge in [0, 0.05) is 0 Å². The van der Waals surface area contributed by atoms with Gasteiger partial charge in [0.2, 0.25) is 0 Å². The van der Waals surface area contributed by atoms with E-state index in [1.165, 1.54) is 0 Å². The number of halogens is 6. The summed E-state index contributed by atoms with van der Waals surface area (Å²) in [5, 5.41) is 0. The van der Waals surface area contributed by atoms with E-state index in [2.05, 4.69) is 11.3 Å². The van der Waals surface area contributed by atoms with Gasteiger partial charge in [-0.05, 0) is 13.8 Å². The van der Waals surface area contributed by atoms with Crippen molar-refractivity contribution in [3.63, 3.8) is 0 Å². The molecule has 0 saturated heterocycles. The molecule has 0 aromatic rings. The average molecular weight is 294 g/mol. The predicted molar refractivity (Wildman–Crippen MR) is 52.2 cm³/mol. The van der Waals surface area contributed by atoms with E-state index in [4.69, 9.17) is 4.74 Å². The Morgan fingerprint density at radius 1 is 1.21 bits per heavy atom. The Morgan fingerprint density at radius 2 is 1.68 bits per heavy atom. The Balaban J connectivity index is 4.80. The number of rotatable bonds is 6. The van der Waals surface area contributed by atoms with Crippen molar-refractivity contribution in [2.45, 2.75) is 38.4 Å². The van der Waals surface area contributed by atoms with Crippen LogP contribution in [0, 0.1) is 0 Å². The minimum absolute atomic E-state index is 0.391. The van der Waals surface area contributed by atoms with Gasteiger partial charge in [0.25, 0.3) is 0 Å². The molecule has 0 aliphatic rings. The highest BCUT2D eigenvalue weighted by atomic mass is 19.4. The number of esters is 1. The average Bonchev–Trinajstić information content (AvgIpc) is 2.23. The lowest BCUT2D eigenvalue weighted by Gasteiger charge is -2.26. The molecular weight excluding hydrogens is 282 g/mol. The van der Waals surface area contributed by atoms with Crippen molar-refractivity contribution < 1.29 is 40.6 Å². The SMILES string of the molecule is C=C(COC(C)C)C(=O)OC(F)(C(F)F)C(F)(F)F. The third kappa shape index (κ3) is 4.73. The molecular formula is C10H12F6O3. The molecule has 0 aliphatic heterocycles. The van der Waals surface area contributed by atoms with Gasteiger partial charge in [0.1, 0.15) is 0 Å². The van der Waals surface area contributed by atoms with E-state index in [1.807, 2.05) is 0 Å². The van der Waals surface area contributed by atoms with E-state index < -0.39 is 42.7 Å². The zero-order chi connectivity index (χ0) is 15.4. The summed E-state index contributed by atoms with van der Waals surface area (Å²) in [6.07, 6.45) is -11.0. The molecule has 0 aromatic carbocycles. The summed E-state index contributed by atoms with van der Waals surface area (Å²) in [6, 6.07) is 0. The second-order valence-corrected chi connectivity index (χ2v) is 3.80. The summed E-state index contributed by atoms with van der Waals surface area (Å²) in [5.41, 5.74) is -0.708. The normalized spacial score (nSPS) is 15.5. The molecule has 0 N–H and O–H groups in total. The van der Waals surface area contributed by atoms with E-state index >= 15 is 0 Å². The third-order valence-electron chi connectivity index (χ3n) is 1.79. The minimum atomic E-state index is -6.06. The van der Waals surface area contributed by atoms with Gasteiger partial charge in [0.15, 0.2) is 0 Å². The topological polar surface area (TPSA) is 35.5 Å². The lowest BCUT2D eigenvalue weighted by Crippen LogP contribution is -2.51. The van der Waals surface area contributed by atoms with E-state index in [0.717, 1.165) is 0 Å². The summed E-state index contributed by atoms with van der Waals surface area (Å²) < 4.78 is 81.5. The molecule has 1 atom stereocenters. The molecule has 0 bridgehead atoms. The van der Waals surface area contributed by atoms with Crippen molar-refractivity contribution in [1.82, 2.24) is 0 Å². The molecule has 0 heterocycles. The van der Waals surface area contributed by atoms with Gasteiger partial charge in [-0.3, -0.25) is 0 Å². The van der Waals surface area contributed by atoms with Crippen molar-refractivity contribution >= 4 is 5.97 Å². The van der Waals surface area contributed by atoms with Crippen LogP contribution in [0.2, 0.25) is 0 Å². The van der Waals surface area contributed by atoms with Crippen molar-refractivity contribution in [3.05, 3.63) is 12.2 Å². The number of alkyl halides is 6.